The van der Waals surface area contributed by atoms with Crippen LogP contribution in [0.1, 0.15) is 0 Å². The van der Waals surface area contributed by atoms with Crippen molar-refractivity contribution in [3.05, 3.63) is 27.4 Å². The number of aliphatic carboxylic acids is 1. The number of carboxylic acid groups (broad SMARTS) is 1. The van der Waals surface area contributed by atoms with Crippen molar-refractivity contribution in [2.45, 2.75) is 0 Å². The second-order valence-electron chi connectivity index (χ2n) is 3.63. The van der Waals surface area contributed by atoms with E-state index < -0.39 is 36.9 Å². The molecule has 0 saturated carbocycles. The maximum Gasteiger partial charge on any atom is 0.329 e. The van der Waals surface area contributed by atoms with Gasteiger partial charge < -0.3 is 15.2 Å². The molecule has 0 aliphatic heterocycles. The zero-order chi connectivity index (χ0) is 16.0. The van der Waals surface area contributed by atoms with Crippen molar-refractivity contribution < 1.29 is 28.6 Å². The fraction of sp³-hybridized carbons (Fsp3) is 0.182. The van der Waals surface area contributed by atoms with Crippen molar-refractivity contribution >= 4 is 51.1 Å². The zero-order valence-corrected chi connectivity index (χ0v) is 12.6. The molecule has 0 heterocycles. The third-order valence-electron chi connectivity index (χ3n) is 1.96. The number of carbonyl (C=O) groups is 3. The molecule has 1 rings (SSSR count). The summed E-state index contributed by atoms with van der Waals surface area (Å²) in [5.41, 5.74) is 0.0785. The summed E-state index contributed by atoms with van der Waals surface area (Å²) in [4.78, 5) is 32.9. The van der Waals surface area contributed by atoms with Crippen molar-refractivity contribution in [2.75, 3.05) is 18.5 Å². The molecule has 0 fully saturated rings. The van der Waals surface area contributed by atoms with Crippen LogP contribution in [0, 0.1) is 5.82 Å². The lowest BCUT2D eigenvalue weighted by Crippen LogP contribution is -2.37. The minimum Gasteiger partial charge on any atom is -0.480 e. The number of halogens is 3. The highest BCUT2D eigenvalue weighted by Gasteiger charge is 2.13. The number of benzene rings is 1. The first-order valence-electron chi connectivity index (χ1n) is 5.34. The van der Waals surface area contributed by atoms with Gasteiger partial charge in [0.1, 0.15) is 19.0 Å². The summed E-state index contributed by atoms with van der Waals surface area (Å²) in [5.74, 6) is -2.69. The van der Waals surface area contributed by atoms with Crippen LogP contribution in [-0.4, -0.2) is 36.2 Å². The van der Waals surface area contributed by atoms with Gasteiger partial charge in [0, 0.05) is 4.47 Å². The van der Waals surface area contributed by atoms with Crippen LogP contribution in [0.4, 0.5) is 14.9 Å². The quantitative estimate of drug-likeness (QED) is 0.721. The number of carboxylic acids is 1. The molecule has 0 atom stereocenters. The SMILES string of the molecule is O=C(O)COCC(=O)NC(=O)Nc1c(Cl)cc(F)cc1Br. The highest BCUT2D eigenvalue weighted by atomic mass is 79.9. The van der Waals surface area contributed by atoms with E-state index in [0.29, 0.717) is 0 Å². The normalized spacial score (nSPS) is 10.0. The summed E-state index contributed by atoms with van der Waals surface area (Å²) in [7, 11) is 0. The molecule has 10 heteroatoms. The molecule has 0 unspecified atom stereocenters. The standard InChI is InChI=1S/C11H9BrClFN2O5/c12-6-1-5(14)2-7(13)10(6)16-11(20)15-8(17)3-21-4-9(18)19/h1-2H,3-4H2,(H,18,19)(H2,15,16,17,20). The van der Waals surface area contributed by atoms with Gasteiger partial charge in [-0.3, -0.25) is 10.1 Å². The number of nitrogens with one attached hydrogen (secondary N) is 2. The van der Waals surface area contributed by atoms with Crippen LogP contribution in [0.2, 0.25) is 5.02 Å². The number of rotatable bonds is 5. The molecule has 0 spiro atoms. The number of urea groups is 1. The molecule has 0 bridgehead atoms. The molecule has 3 amide bonds. The average Bonchev–Trinajstić information content (AvgIpc) is 2.33. The van der Waals surface area contributed by atoms with Crippen LogP contribution in [-0.2, 0) is 14.3 Å². The van der Waals surface area contributed by atoms with E-state index in [2.05, 4.69) is 26.0 Å². The van der Waals surface area contributed by atoms with Crippen molar-refractivity contribution in [1.29, 1.82) is 0 Å². The van der Waals surface area contributed by atoms with Crippen molar-refractivity contribution in [3.8, 4) is 0 Å². The molecule has 7 nitrogen and oxygen atoms in total. The molecule has 0 radical (unpaired) electrons. The third kappa shape index (κ3) is 6.06. The van der Waals surface area contributed by atoms with Gasteiger partial charge in [-0.25, -0.2) is 14.0 Å². The van der Waals surface area contributed by atoms with Crippen molar-refractivity contribution in [2.24, 2.45) is 0 Å². The summed E-state index contributed by atoms with van der Waals surface area (Å²) in [6, 6.07) is 1.15. The number of carbonyl (C=O) groups excluding carboxylic acids is 2. The number of imide groups is 1. The highest BCUT2D eigenvalue weighted by molar-refractivity contribution is 9.10. The number of amides is 3. The first-order chi connectivity index (χ1) is 9.79. The van der Waals surface area contributed by atoms with E-state index in [4.69, 9.17) is 16.7 Å². The maximum absolute atomic E-state index is 13.0. The molecule has 0 aliphatic rings. The van der Waals surface area contributed by atoms with Gasteiger partial charge >= 0.3 is 12.0 Å². The third-order valence-corrected chi connectivity index (χ3v) is 2.88. The van der Waals surface area contributed by atoms with Crippen LogP contribution >= 0.6 is 27.5 Å². The van der Waals surface area contributed by atoms with Crippen molar-refractivity contribution in [1.82, 2.24) is 5.32 Å². The summed E-state index contributed by atoms with van der Waals surface area (Å²) < 4.78 is 17.7. The summed E-state index contributed by atoms with van der Waals surface area (Å²) >= 11 is 8.76. The van der Waals surface area contributed by atoms with Gasteiger partial charge in [-0.05, 0) is 28.1 Å². The van der Waals surface area contributed by atoms with Gasteiger partial charge in [-0.2, -0.15) is 0 Å². The zero-order valence-electron chi connectivity index (χ0n) is 10.3. The fourth-order valence-corrected chi connectivity index (χ4v) is 2.10. The first kappa shape index (κ1) is 17.3. The van der Waals surface area contributed by atoms with Gasteiger partial charge in [0.15, 0.2) is 0 Å². The van der Waals surface area contributed by atoms with Crippen molar-refractivity contribution in [3.63, 3.8) is 0 Å². The Labute approximate surface area is 131 Å². The van der Waals surface area contributed by atoms with Crippen LogP contribution in [0.5, 0.6) is 0 Å². The van der Waals surface area contributed by atoms with Crippen LogP contribution in [0.25, 0.3) is 0 Å². The van der Waals surface area contributed by atoms with Gasteiger partial charge in [-0.15, -0.1) is 0 Å². The number of hydrogen-bond acceptors (Lipinski definition) is 4. The minimum absolute atomic E-state index is 0.0633. The van der Waals surface area contributed by atoms with E-state index in [0.717, 1.165) is 12.1 Å². The summed E-state index contributed by atoms with van der Waals surface area (Å²) in [6.07, 6.45) is 0. The van der Waals surface area contributed by atoms with E-state index in [9.17, 15) is 18.8 Å². The number of anilines is 1. The Hall–Kier alpha value is -1.71. The van der Waals surface area contributed by atoms with Crippen LogP contribution in [0.3, 0.4) is 0 Å². The molecular formula is C11H9BrClFN2O5. The van der Waals surface area contributed by atoms with E-state index >= 15 is 0 Å². The Balaban J connectivity index is 2.54. The molecule has 0 saturated heterocycles. The number of ether oxygens (including phenoxy) is 1. The Bertz CT molecular complexity index is 561. The lowest BCUT2D eigenvalue weighted by atomic mass is 10.3. The van der Waals surface area contributed by atoms with E-state index in [1.165, 1.54) is 0 Å². The molecule has 3 N–H and O–H groups in total. The second kappa shape index (κ2) is 7.91. The lowest BCUT2D eigenvalue weighted by Gasteiger charge is -2.10. The fourth-order valence-electron chi connectivity index (χ4n) is 1.20. The average molecular weight is 384 g/mol. The molecular weight excluding hydrogens is 374 g/mol. The predicted octanol–water partition coefficient (Wildman–Crippen LogP) is 1.99. The molecule has 21 heavy (non-hydrogen) atoms. The van der Waals surface area contributed by atoms with E-state index in [1.807, 2.05) is 5.32 Å². The van der Waals surface area contributed by atoms with Crippen LogP contribution < -0.4 is 10.6 Å². The Morgan fingerprint density at radius 2 is 2.00 bits per heavy atom. The summed E-state index contributed by atoms with van der Waals surface area (Å²) in [6.45, 7) is -1.26. The van der Waals surface area contributed by atoms with Gasteiger partial charge in [0.05, 0.1) is 10.7 Å². The first-order valence-corrected chi connectivity index (χ1v) is 6.51. The highest BCUT2D eigenvalue weighted by Crippen LogP contribution is 2.31. The van der Waals surface area contributed by atoms with Gasteiger partial charge in [0.25, 0.3) is 5.91 Å². The van der Waals surface area contributed by atoms with Gasteiger partial charge in [-0.1, -0.05) is 11.6 Å². The Kier molecular flexibility index (Phi) is 6.53. The smallest absolute Gasteiger partial charge is 0.329 e. The van der Waals surface area contributed by atoms with E-state index in [-0.39, 0.29) is 15.2 Å². The Morgan fingerprint density at radius 3 is 2.57 bits per heavy atom. The van der Waals surface area contributed by atoms with E-state index in [1.54, 1.807) is 0 Å². The largest absolute Gasteiger partial charge is 0.480 e. The van der Waals surface area contributed by atoms with Gasteiger partial charge in [0.2, 0.25) is 0 Å². The molecule has 0 aliphatic carbocycles. The molecule has 1 aromatic carbocycles. The molecule has 114 valence electrons. The summed E-state index contributed by atoms with van der Waals surface area (Å²) in [5, 5.41) is 12.4. The second-order valence-corrected chi connectivity index (χ2v) is 4.89. The number of hydrogen-bond donors (Lipinski definition) is 3. The molecule has 0 aromatic heterocycles. The van der Waals surface area contributed by atoms with Crippen LogP contribution in [0.15, 0.2) is 16.6 Å². The predicted molar refractivity (Wildman–Crippen MR) is 74.7 cm³/mol. The molecule has 1 aromatic rings. The Morgan fingerprint density at radius 1 is 1.33 bits per heavy atom. The monoisotopic (exact) mass is 382 g/mol. The maximum atomic E-state index is 13.0. The minimum atomic E-state index is -1.24. The lowest BCUT2D eigenvalue weighted by molar-refractivity contribution is -0.143. The topological polar surface area (TPSA) is 105 Å².